The molecular formula is C12H19N3O2. The Morgan fingerprint density at radius 1 is 1.41 bits per heavy atom. The number of nitrogens with zero attached hydrogens (tertiary/aromatic N) is 1. The smallest absolute Gasteiger partial charge is 0.220 e. The summed E-state index contributed by atoms with van der Waals surface area (Å²) < 4.78 is 0. The van der Waals surface area contributed by atoms with Crippen molar-refractivity contribution in [2.45, 2.75) is 46.1 Å². The zero-order chi connectivity index (χ0) is 12.8. The molecule has 0 radical (unpaired) electrons. The number of amides is 1. The van der Waals surface area contributed by atoms with Crippen LogP contribution in [0.15, 0.2) is 6.33 Å². The normalized spacial score (nSPS) is 12.2. The molecule has 1 atom stereocenters. The van der Waals surface area contributed by atoms with E-state index in [0.717, 1.165) is 11.4 Å². The van der Waals surface area contributed by atoms with Gasteiger partial charge in [-0.15, -0.1) is 0 Å². The molecule has 1 amide bonds. The topological polar surface area (TPSA) is 74.8 Å². The summed E-state index contributed by atoms with van der Waals surface area (Å²) in [4.78, 5) is 30.2. The Bertz CT molecular complexity index is 398. The highest BCUT2D eigenvalue weighted by molar-refractivity contribution is 5.89. The van der Waals surface area contributed by atoms with Gasteiger partial charge in [0, 0.05) is 25.0 Å². The van der Waals surface area contributed by atoms with E-state index in [9.17, 15) is 9.59 Å². The van der Waals surface area contributed by atoms with Gasteiger partial charge < -0.3 is 10.3 Å². The van der Waals surface area contributed by atoms with Crippen LogP contribution in [-0.4, -0.2) is 27.7 Å². The Hall–Kier alpha value is -1.65. The van der Waals surface area contributed by atoms with Gasteiger partial charge in [-0.05, 0) is 6.92 Å². The number of carbonyl (C=O) groups excluding carboxylic acids is 2. The maximum Gasteiger partial charge on any atom is 0.220 e. The minimum absolute atomic E-state index is 0.0363. The van der Waals surface area contributed by atoms with Gasteiger partial charge in [0.05, 0.1) is 18.1 Å². The fourth-order valence-electron chi connectivity index (χ4n) is 1.57. The van der Waals surface area contributed by atoms with Crippen molar-refractivity contribution in [2.75, 3.05) is 0 Å². The lowest BCUT2D eigenvalue weighted by atomic mass is 10.0. The van der Waals surface area contributed by atoms with E-state index in [1.54, 1.807) is 20.2 Å². The molecular weight excluding hydrogens is 218 g/mol. The number of nitrogens with one attached hydrogen (secondary N) is 2. The summed E-state index contributed by atoms with van der Waals surface area (Å²) in [6.45, 7) is 5.46. The predicted octanol–water partition coefficient (Wildman–Crippen LogP) is 1.13. The first-order valence-electron chi connectivity index (χ1n) is 5.89. The summed E-state index contributed by atoms with van der Waals surface area (Å²) in [6, 6.07) is -0.463. The lowest BCUT2D eigenvalue weighted by molar-refractivity contribution is -0.127. The first-order valence-corrected chi connectivity index (χ1v) is 5.89. The Morgan fingerprint density at radius 2 is 2.12 bits per heavy atom. The number of H-pyrrole nitrogens is 1. The molecule has 0 saturated carbocycles. The van der Waals surface area contributed by atoms with Crippen molar-refractivity contribution >= 4 is 11.7 Å². The molecule has 1 aromatic heterocycles. The third-order valence-electron chi connectivity index (χ3n) is 2.73. The molecule has 94 valence electrons. The highest BCUT2D eigenvalue weighted by Gasteiger charge is 2.20. The van der Waals surface area contributed by atoms with Gasteiger partial charge in [-0.3, -0.25) is 9.59 Å². The summed E-state index contributed by atoms with van der Waals surface area (Å²) in [5, 5.41) is 2.74. The SMILES string of the molecule is CCC(=O)NC(Cc1nc[nH]c1C)C(=O)CC. The quantitative estimate of drug-likeness (QED) is 0.779. The number of hydrogen-bond donors (Lipinski definition) is 2. The van der Waals surface area contributed by atoms with E-state index in [-0.39, 0.29) is 11.7 Å². The zero-order valence-corrected chi connectivity index (χ0v) is 10.5. The Morgan fingerprint density at radius 3 is 2.59 bits per heavy atom. The van der Waals surface area contributed by atoms with Crippen molar-refractivity contribution in [1.29, 1.82) is 0 Å². The van der Waals surface area contributed by atoms with E-state index in [4.69, 9.17) is 0 Å². The monoisotopic (exact) mass is 237 g/mol. The molecule has 0 saturated heterocycles. The molecule has 0 fully saturated rings. The van der Waals surface area contributed by atoms with E-state index in [2.05, 4.69) is 15.3 Å². The molecule has 0 spiro atoms. The molecule has 5 heteroatoms. The van der Waals surface area contributed by atoms with Crippen LogP contribution in [0.5, 0.6) is 0 Å². The van der Waals surface area contributed by atoms with Crippen LogP contribution in [0.2, 0.25) is 0 Å². The zero-order valence-electron chi connectivity index (χ0n) is 10.5. The lowest BCUT2D eigenvalue weighted by Gasteiger charge is -2.16. The maximum absolute atomic E-state index is 11.7. The van der Waals surface area contributed by atoms with Gasteiger partial charge in [-0.2, -0.15) is 0 Å². The molecule has 0 aliphatic heterocycles. The number of ketones is 1. The van der Waals surface area contributed by atoms with Crippen LogP contribution >= 0.6 is 0 Å². The van der Waals surface area contributed by atoms with Crippen molar-refractivity contribution in [1.82, 2.24) is 15.3 Å². The third-order valence-corrected chi connectivity index (χ3v) is 2.73. The van der Waals surface area contributed by atoms with Crippen LogP contribution in [-0.2, 0) is 16.0 Å². The van der Waals surface area contributed by atoms with Crippen LogP contribution in [0.1, 0.15) is 38.1 Å². The molecule has 0 aliphatic carbocycles. The van der Waals surface area contributed by atoms with E-state index in [1.165, 1.54) is 0 Å². The molecule has 1 unspecified atom stereocenters. The van der Waals surface area contributed by atoms with Crippen LogP contribution in [0.25, 0.3) is 0 Å². The van der Waals surface area contributed by atoms with Crippen LogP contribution in [0.4, 0.5) is 0 Å². The molecule has 0 aromatic carbocycles. The second-order valence-corrected chi connectivity index (χ2v) is 3.97. The summed E-state index contributed by atoms with van der Waals surface area (Å²) in [5.74, 6) is -0.0702. The average molecular weight is 237 g/mol. The Balaban J connectivity index is 2.74. The number of hydrogen-bond acceptors (Lipinski definition) is 3. The molecule has 2 N–H and O–H groups in total. The van der Waals surface area contributed by atoms with Gasteiger partial charge in [-0.1, -0.05) is 13.8 Å². The molecule has 5 nitrogen and oxygen atoms in total. The van der Waals surface area contributed by atoms with Crippen LogP contribution in [0.3, 0.4) is 0 Å². The van der Waals surface area contributed by atoms with Crippen LogP contribution in [0, 0.1) is 6.92 Å². The van der Waals surface area contributed by atoms with E-state index < -0.39 is 6.04 Å². The van der Waals surface area contributed by atoms with Crippen LogP contribution < -0.4 is 5.32 Å². The molecule has 1 aromatic rings. The van der Waals surface area contributed by atoms with Crippen molar-refractivity contribution in [2.24, 2.45) is 0 Å². The number of aryl methyl sites for hydroxylation is 1. The standard InChI is InChI=1S/C12H19N3O2/c1-4-11(16)10(15-12(17)5-2)6-9-8(3)13-7-14-9/h7,10H,4-6H2,1-3H3,(H,13,14)(H,15,17). The number of aromatic amines is 1. The fourth-order valence-corrected chi connectivity index (χ4v) is 1.57. The fraction of sp³-hybridized carbons (Fsp3) is 0.583. The number of imidazole rings is 1. The lowest BCUT2D eigenvalue weighted by Crippen LogP contribution is -2.42. The van der Waals surface area contributed by atoms with Gasteiger partial charge in [0.2, 0.25) is 5.91 Å². The third kappa shape index (κ3) is 3.69. The predicted molar refractivity (Wildman–Crippen MR) is 64.5 cm³/mol. The molecule has 1 heterocycles. The second kappa shape index (κ2) is 6.18. The molecule has 0 aliphatic rings. The van der Waals surface area contributed by atoms with Crippen molar-refractivity contribution in [3.8, 4) is 0 Å². The molecule has 17 heavy (non-hydrogen) atoms. The van der Waals surface area contributed by atoms with E-state index in [1.807, 2.05) is 6.92 Å². The summed E-state index contributed by atoms with van der Waals surface area (Å²) in [5.41, 5.74) is 1.76. The molecule has 0 bridgehead atoms. The summed E-state index contributed by atoms with van der Waals surface area (Å²) in [6.07, 6.45) is 2.85. The van der Waals surface area contributed by atoms with E-state index in [0.29, 0.717) is 19.3 Å². The highest BCUT2D eigenvalue weighted by Crippen LogP contribution is 2.06. The Labute approximate surface area is 101 Å². The van der Waals surface area contributed by atoms with Crippen molar-refractivity contribution < 1.29 is 9.59 Å². The second-order valence-electron chi connectivity index (χ2n) is 3.97. The minimum Gasteiger partial charge on any atom is -0.348 e. The van der Waals surface area contributed by atoms with Crippen molar-refractivity contribution in [3.05, 3.63) is 17.7 Å². The Kier molecular flexibility index (Phi) is 4.87. The van der Waals surface area contributed by atoms with E-state index >= 15 is 0 Å². The number of carbonyl (C=O) groups is 2. The average Bonchev–Trinajstić information content (AvgIpc) is 2.73. The minimum atomic E-state index is -0.463. The van der Waals surface area contributed by atoms with Gasteiger partial charge in [0.25, 0.3) is 0 Å². The van der Waals surface area contributed by atoms with Gasteiger partial charge >= 0.3 is 0 Å². The maximum atomic E-state index is 11.7. The van der Waals surface area contributed by atoms with Crippen molar-refractivity contribution in [3.63, 3.8) is 0 Å². The van der Waals surface area contributed by atoms with Gasteiger partial charge in [-0.25, -0.2) is 4.98 Å². The number of Topliss-reactive ketones (excluding diaryl/α,β-unsaturated/α-hetero) is 1. The first-order chi connectivity index (χ1) is 8.08. The van der Waals surface area contributed by atoms with Gasteiger partial charge in [0.15, 0.2) is 5.78 Å². The number of aromatic nitrogens is 2. The molecule has 1 rings (SSSR count). The van der Waals surface area contributed by atoms with Gasteiger partial charge in [0.1, 0.15) is 0 Å². The highest BCUT2D eigenvalue weighted by atomic mass is 16.2. The summed E-state index contributed by atoms with van der Waals surface area (Å²) >= 11 is 0. The largest absolute Gasteiger partial charge is 0.348 e. The number of rotatable bonds is 6. The first kappa shape index (κ1) is 13.4. The summed E-state index contributed by atoms with van der Waals surface area (Å²) in [7, 11) is 0.